The summed E-state index contributed by atoms with van der Waals surface area (Å²) in [6.45, 7) is 2.28. The Morgan fingerprint density at radius 1 is 0.917 bits per heavy atom. The van der Waals surface area contributed by atoms with E-state index >= 15 is 0 Å². The van der Waals surface area contributed by atoms with Gasteiger partial charge in [-0.15, -0.1) is 10.5 Å². The minimum atomic E-state index is 0.0456. The third-order valence-electron chi connectivity index (χ3n) is 5.00. The van der Waals surface area contributed by atoms with E-state index in [1.165, 1.54) is 37.6 Å². The molecule has 2 atom stereocenters. The number of fused-ring (bicyclic) bond motifs is 2. The van der Waals surface area contributed by atoms with E-state index in [9.17, 15) is 0 Å². The van der Waals surface area contributed by atoms with E-state index in [2.05, 4.69) is 91.2 Å². The van der Waals surface area contributed by atoms with Gasteiger partial charge in [0.1, 0.15) is 0 Å². The highest BCUT2D eigenvalue weighted by Crippen LogP contribution is 2.54. The van der Waals surface area contributed by atoms with Crippen molar-refractivity contribution in [3.63, 3.8) is 0 Å². The third kappa shape index (κ3) is 1.98. The van der Waals surface area contributed by atoms with Crippen LogP contribution in [0.15, 0.2) is 93.8 Å². The zero-order valence-corrected chi connectivity index (χ0v) is 14.4. The van der Waals surface area contributed by atoms with Crippen molar-refractivity contribution in [3.8, 4) is 0 Å². The fourth-order valence-corrected chi connectivity index (χ4v) is 6.18. The molecule has 3 aliphatic rings. The quantitative estimate of drug-likeness (QED) is 0.558. The average Bonchev–Trinajstić information content (AvgIpc) is 2.64. The van der Waals surface area contributed by atoms with Crippen LogP contribution in [0.3, 0.4) is 0 Å². The molecule has 116 valence electrons. The van der Waals surface area contributed by atoms with E-state index in [1.807, 2.05) is 0 Å². The molecule has 2 unspecified atom stereocenters. The second-order valence-electron chi connectivity index (χ2n) is 6.46. The van der Waals surface area contributed by atoms with Gasteiger partial charge in [-0.3, -0.25) is 0 Å². The lowest BCUT2D eigenvalue weighted by Crippen LogP contribution is -2.19. The topological polar surface area (TPSA) is 0 Å². The minimum absolute atomic E-state index is 0.0456. The van der Waals surface area contributed by atoms with Crippen LogP contribution in [0.25, 0.3) is 11.6 Å². The first-order valence-electron chi connectivity index (χ1n) is 8.36. The van der Waals surface area contributed by atoms with Crippen molar-refractivity contribution in [2.75, 3.05) is 0 Å². The van der Waals surface area contributed by atoms with Crippen LogP contribution in [0.1, 0.15) is 18.1 Å². The first-order chi connectivity index (χ1) is 11.8. The summed E-state index contributed by atoms with van der Waals surface area (Å²) in [6, 6.07) is 19.7. The molecule has 1 heteroatoms. The average molecular weight is 326 g/mol. The predicted molar refractivity (Wildman–Crippen MR) is 106 cm³/mol. The molecule has 1 heterocycles. The SMILES string of the molecule is CC1=C2c3ccccc3C=C3C=CC=C(C32)S(c2ccccc2)=C1. The van der Waals surface area contributed by atoms with Gasteiger partial charge >= 0.3 is 0 Å². The molecule has 0 bridgehead atoms. The Balaban J connectivity index is 1.81. The van der Waals surface area contributed by atoms with Crippen molar-refractivity contribution < 1.29 is 0 Å². The first kappa shape index (κ1) is 14.0. The molecule has 1 aliphatic heterocycles. The molecule has 0 aromatic heterocycles. The Hall–Kier alpha value is -2.38. The van der Waals surface area contributed by atoms with Gasteiger partial charge < -0.3 is 0 Å². The lowest BCUT2D eigenvalue weighted by Gasteiger charge is -2.37. The monoisotopic (exact) mass is 326 g/mol. The molecule has 2 aromatic carbocycles. The molecule has 0 radical (unpaired) electrons. The number of benzene rings is 2. The Kier molecular flexibility index (Phi) is 3.11. The van der Waals surface area contributed by atoms with Crippen LogP contribution in [-0.2, 0) is 0 Å². The fourth-order valence-electron chi connectivity index (χ4n) is 3.97. The largest absolute Gasteiger partial charge is 0.126 e. The number of hydrogen-bond acceptors (Lipinski definition) is 0. The van der Waals surface area contributed by atoms with Crippen LogP contribution < -0.4 is 0 Å². The standard InChI is InChI=1S/C23H18S/c1-16-15-24(19-10-3-2-4-11-19)21-13-7-9-18-14-17-8-5-6-12-20(17)22(16)23(18)21/h2-15,23H,1H3. The Bertz CT molecular complexity index is 997. The fraction of sp³-hybridized carbons (Fsp3) is 0.0870. The van der Waals surface area contributed by atoms with E-state index in [0.717, 1.165) is 0 Å². The van der Waals surface area contributed by atoms with Crippen molar-refractivity contribution in [2.45, 2.75) is 11.8 Å². The van der Waals surface area contributed by atoms with Gasteiger partial charge in [-0.2, -0.15) is 0 Å². The van der Waals surface area contributed by atoms with Crippen LogP contribution in [0.2, 0.25) is 0 Å². The van der Waals surface area contributed by atoms with Crippen LogP contribution >= 0.6 is 10.5 Å². The van der Waals surface area contributed by atoms with Gasteiger partial charge in [0.25, 0.3) is 0 Å². The summed E-state index contributed by atoms with van der Waals surface area (Å²) in [5.41, 5.74) is 7.11. The summed E-state index contributed by atoms with van der Waals surface area (Å²) < 4.78 is 0. The molecule has 0 spiro atoms. The predicted octanol–water partition coefficient (Wildman–Crippen LogP) is 6.07. The van der Waals surface area contributed by atoms with E-state index in [1.54, 1.807) is 0 Å². The minimum Gasteiger partial charge on any atom is -0.126 e. The molecule has 0 saturated carbocycles. The summed E-state index contributed by atoms with van der Waals surface area (Å²) in [5, 5.41) is 2.48. The molecule has 0 fully saturated rings. The van der Waals surface area contributed by atoms with Gasteiger partial charge in [-0.05, 0) is 57.2 Å². The number of allylic oxidation sites excluding steroid dienone is 7. The van der Waals surface area contributed by atoms with Crippen molar-refractivity contribution >= 4 is 27.5 Å². The smallest absolute Gasteiger partial charge is 0.0407 e. The van der Waals surface area contributed by atoms with Crippen molar-refractivity contribution in [1.82, 2.24) is 0 Å². The molecular formula is C23H18S. The van der Waals surface area contributed by atoms with Gasteiger partial charge in [0, 0.05) is 10.8 Å². The highest BCUT2D eigenvalue weighted by atomic mass is 32.2. The maximum Gasteiger partial charge on any atom is 0.0407 e. The molecule has 24 heavy (non-hydrogen) atoms. The van der Waals surface area contributed by atoms with Gasteiger partial charge in [0.2, 0.25) is 0 Å². The molecule has 2 aromatic rings. The van der Waals surface area contributed by atoms with Crippen LogP contribution in [0.5, 0.6) is 0 Å². The zero-order chi connectivity index (χ0) is 16.1. The summed E-state index contributed by atoms with van der Waals surface area (Å²) >= 11 is 0. The van der Waals surface area contributed by atoms with E-state index < -0.39 is 0 Å². The molecule has 2 aliphatic carbocycles. The van der Waals surface area contributed by atoms with E-state index in [-0.39, 0.29) is 10.5 Å². The summed E-state index contributed by atoms with van der Waals surface area (Å²) in [6.07, 6.45) is 9.23. The van der Waals surface area contributed by atoms with E-state index in [0.29, 0.717) is 5.92 Å². The highest BCUT2D eigenvalue weighted by Gasteiger charge is 2.34. The number of hydrogen-bond donors (Lipinski definition) is 0. The second kappa shape index (κ2) is 5.32. The number of rotatable bonds is 1. The lowest BCUT2D eigenvalue weighted by atomic mass is 9.75. The molecule has 0 amide bonds. The third-order valence-corrected chi connectivity index (χ3v) is 7.25. The lowest BCUT2D eigenvalue weighted by molar-refractivity contribution is 0.984. The molecule has 0 N–H and O–H groups in total. The highest BCUT2D eigenvalue weighted by molar-refractivity contribution is 8.18. The van der Waals surface area contributed by atoms with Crippen molar-refractivity contribution in [1.29, 1.82) is 0 Å². The zero-order valence-electron chi connectivity index (χ0n) is 13.6. The Morgan fingerprint density at radius 3 is 2.58 bits per heavy atom. The first-order valence-corrected chi connectivity index (χ1v) is 9.65. The van der Waals surface area contributed by atoms with E-state index in [4.69, 9.17) is 0 Å². The summed E-state index contributed by atoms with van der Waals surface area (Å²) in [5.74, 6) is 0.415. The second-order valence-corrected chi connectivity index (χ2v) is 8.31. The van der Waals surface area contributed by atoms with Crippen LogP contribution in [-0.4, -0.2) is 5.37 Å². The summed E-state index contributed by atoms with van der Waals surface area (Å²) in [4.78, 5) is 2.95. The van der Waals surface area contributed by atoms with Gasteiger partial charge in [0.05, 0.1) is 0 Å². The maximum absolute atomic E-state index is 2.48. The molecular weight excluding hydrogens is 308 g/mol. The van der Waals surface area contributed by atoms with Crippen LogP contribution in [0.4, 0.5) is 0 Å². The van der Waals surface area contributed by atoms with Crippen LogP contribution in [0, 0.1) is 5.92 Å². The Morgan fingerprint density at radius 2 is 1.71 bits per heavy atom. The Labute approximate surface area is 145 Å². The van der Waals surface area contributed by atoms with Gasteiger partial charge in [0.15, 0.2) is 0 Å². The molecule has 0 saturated heterocycles. The van der Waals surface area contributed by atoms with Crippen molar-refractivity contribution in [3.05, 3.63) is 100 Å². The molecule has 0 nitrogen and oxygen atoms in total. The van der Waals surface area contributed by atoms with Crippen molar-refractivity contribution in [2.24, 2.45) is 5.92 Å². The normalized spacial score (nSPS) is 23.7. The maximum atomic E-state index is 2.48. The van der Waals surface area contributed by atoms with Gasteiger partial charge in [-0.25, -0.2) is 0 Å². The van der Waals surface area contributed by atoms with Gasteiger partial charge in [-0.1, -0.05) is 66.8 Å². The molecule has 5 rings (SSSR count). The summed E-state index contributed by atoms with van der Waals surface area (Å²) in [7, 11) is 0.0456.